The first-order valence-electron chi connectivity index (χ1n) is 5.95. The molecule has 20 heavy (non-hydrogen) atoms. The van der Waals surface area contributed by atoms with Gasteiger partial charge in [0.2, 0.25) is 0 Å². The Hall–Kier alpha value is -0.210. The van der Waals surface area contributed by atoms with E-state index in [1.54, 1.807) is 13.3 Å². The van der Waals surface area contributed by atoms with Crippen molar-refractivity contribution in [2.75, 3.05) is 13.7 Å². The minimum absolute atomic E-state index is 0.282. The third kappa shape index (κ3) is 3.51. The van der Waals surface area contributed by atoms with E-state index in [0.717, 1.165) is 24.7 Å². The van der Waals surface area contributed by atoms with E-state index < -0.39 is 0 Å². The second-order valence-corrected chi connectivity index (χ2v) is 6.86. The van der Waals surface area contributed by atoms with Gasteiger partial charge in [-0.05, 0) is 39.7 Å². The zero-order valence-electron chi connectivity index (χ0n) is 10.8. The Morgan fingerprint density at radius 2 is 2.05 bits per heavy atom. The van der Waals surface area contributed by atoms with E-state index in [4.69, 9.17) is 10.5 Å². The molecular formula is C13H14Br3N3O. The highest BCUT2D eigenvalue weighted by molar-refractivity contribution is 9.11. The summed E-state index contributed by atoms with van der Waals surface area (Å²) in [6, 6.07) is 5.67. The number of hydrogen-bond acceptors (Lipinski definition) is 3. The molecule has 0 fully saturated rings. The first-order chi connectivity index (χ1) is 9.54. The molecule has 2 rings (SSSR count). The van der Waals surface area contributed by atoms with Crippen LogP contribution in [0.25, 0.3) is 0 Å². The lowest BCUT2D eigenvalue weighted by atomic mass is 10.0. The van der Waals surface area contributed by atoms with Crippen LogP contribution in [0.3, 0.4) is 0 Å². The van der Waals surface area contributed by atoms with Crippen LogP contribution in [0.1, 0.15) is 17.3 Å². The lowest BCUT2D eigenvalue weighted by Gasteiger charge is -2.17. The standard InChI is InChI=1S/C13H14Br3N3O/c1-20-5-4-19-13(11(16)7-18-19)12(17)9-6-8(14)2-3-10(9)15/h2-3,6-7,12H,4-5,17H2,1H3. The third-order valence-corrected chi connectivity index (χ3v) is 4.75. The van der Waals surface area contributed by atoms with Crippen LogP contribution in [-0.2, 0) is 11.3 Å². The van der Waals surface area contributed by atoms with Crippen LogP contribution in [0.5, 0.6) is 0 Å². The van der Waals surface area contributed by atoms with Crippen LogP contribution in [0.4, 0.5) is 0 Å². The van der Waals surface area contributed by atoms with Gasteiger partial charge in [0.05, 0.1) is 35.6 Å². The van der Waals surface area contributed by atoms with Gasteiger partial charge in [0.25, 0.3) is 0 Å². The van der Waals surface area contributed by atoms with E-state index >= 15 is 0 Å². The van der Waals surface area contributed by atoms with Crippen molar-refractivity contribution in [1.82, 2.24) is 9.78 Å². The highest BCUT2D eigenvalue weighted by Gasteiger charge is 2.20. The summed E-state index contributed by atoms with van der Waals surface area (Å²) in [7, 11) is 1.67. The molecule has 1 atom stereocenters. The summed E-state index contributed by atoms with van der Waals surface area (Å²) in [5.74, 6) is 0. The van der Waals surface area contributed by atoms with E-state index in [-0.39, 0.29) is 6.04 Å². The molecule has 0 spiro atoms. The molecule has 1 heterocycles. The number of methoxy groups -OCH3 is 1. The summed E-state index contributed by atoms with van der Waals surface area (Å²) >= 11 is 10.5. The van der Waals surface area contributed by atoms with Gasteiger partial charge < -0.3 is 10.5 Å². The maximum atomic E-state index is 6.42. The van der Waals surface area contributed by atoms with E-state index in [1.165, 1.54) is 0 Å². The lowest BCUT2D eigenvalue weighted by Crippen LogP contribution is -2.20. The van der Waals surface area contributed by atoms with Crippen LogP contribution in [-0.4, -0.2) is 23.5 Å². The molecule has 1 aromatic heterocycles. The van der Waals surface area contributed by atoms with Gasteiger partial charge in [0.15, 0.2) is 0 Å². The zero-order valence-corrected chi connectivity index (χ0v) is 15.6. The number of ether oxygens (including phenoxy) is 1. The summed E-state index contributed by atoms with van der Waals surface area (Å²) in [6.45, 7) is 1.25. The lowest BCUT2D eigenvalue weighted by molar-refractivity contribution is 0.182. The molecule has 0 bridgehead atoms. The Labute approximate surface area is 143 Å². The van der Waals surface area contributed by atoms with Crippen molar-refractivity contribution in [3.63, 3.8) is 0 Å². The third-order valence-electron chi connectivity index (χ3n) is 2.93. The van der Waals surface area contributed by atoms with Crippen LogP contribution in [0, 0.1) is 0 Å². The van der Waals surface area contributed by atoms with Crippen molar-refractivity contribution in [2.45, 2.75) is 12.6 Å². The number of benzene rings is 1. The number of rotatable bonds is 5. The average molecular weight is 468 g/mol. The number of aromatic nitrogens is 2. The summed E-state index contributed by atoms with van der Waals surface area (Å²) < 4.78 is 9.83. The van der Waals surface area contributed by atoms with E-state index in [2.05, 4.69) is 52.9 Å². The second kappa shape index (κ2) is 7.17. The van der Waals surface area contributed by atoms with Crippen LogP contribution in [0.15, 0.2) is 37.8 Å². The summed E-state index contributed by atoms with van der Waals surface area (Å²) in [4.78, 5) is 0. The van der Waals surface area contributed by atoms with Crippen molar-refractivity contribution in [3.05, 3.63) is 49.1 Å². The zero-order chi connectivity index (χ0) is 14.7. The molecule has 108 valence electrons. The number of nitrogens with two attached hydrogens (primary N) is 1. The Kier molecular flexibility index (Phi) is 5.80. The Bertz CT molecular complexity index is 601. The minimum Gasteiger partial charge on any atom is -0.383 e. The molecule has 0 amide bonds. The van der Waals surface area contributed by atoms with Crippen LogP contribution < -0.4 is 5.73 Å². The number of hydrogen-bond donors (Lipinski definition) is 1. The maximum Gasteiger partial charge on any atom is 0.0746 e. The van der Waals surface area contributed by atoms with Gasteiger partial charge in [-0.1, -0.05) is 31.9 Å². The number of halogens is 3. The molecular weight excluding hydrogens is 454 g/mol. The molecule has 2 N–H and O–H groups in total. The first-order valence-corrected chi connectivity index (χ1v) is 8.33. The molecule has 0 radical (unpaired) electrons. The van der Waals surface area contributed by atoms with Crippen molar-refractivity contribution in [3.8, 4) is 0 Å². The van der Waals surface area contributed by atoms with E-state index in [0.29, 0.717) is 13.2 Å². The average Bonchev–Trinajstić information content (AvgIpc) is 2.79. The van der Waals surface area contributed by atoms with Crippen LogP contribution >= 0.6 is 47.8 Å². The van der Waals surface area contributed by atoms with Crippen LogP contribution in [0.2, 0.25) is 0 Å². The molecule has 1 unspecified atom stereocenters. The molecule has 2 aromatic rings. The molecule has 0 aliphatic carbocycles. The van der Waals surface area contributed by atoms with Gasteiger partial charge in [-0.25, -0.2) is 0 Å². The first kappa shape index (κ1) is 16.2. The Morgan fingerprint density at radius 3 is 2.75 bits per heavy atom. The topological polar surface area (TPSA) is 53.1 Å². The molecule has 1 aromatic carbocycles. The van der Waals surface area contributed by atoms with Gasteiger partial charge in [-0.15, -0.1) is 0 Å². The molecule has 4 nitrogen and oxygen atoms in total. The van der Waals surface area contributed by atoms with Gasteiger partial charge in [0, 0.05) is 16.1 Å². The molecule has 0 aliphatic heterocycles. The number of nitrogens with zero attached hydrogens (tertiary/aromatic N) is 2. The van der Waals surface area contributed by atoms with Gasteiger partial charge >= 0.3 is 0 Å². The molecule has 7 heteroatoms. The normalized spacial score (nSPS) is 12.7. The predicted octanol–water partition coefficient (Wildman–Crippen LogP) is 3.87. The van der Waals surface area contributed by atoms with Gasteiger partial charge in [-0.2, -0.15) is 5.10 Å². The highest BCUT2D eigenvalue weighted by Crippen LogP contribution is 2.32. The fraction of sp³-hybridized carbons (Fsp3) is 0.308. The highest BCUT2D eigenvalue weighted by atomic mass is 79.9. The monoisotopic (exact) mass is 465 g/mol. The molecule has 0 aliphatic rings. The SMILES string of the molecule is COCCn1ncc(Br)c1C(N)c1cc(Br)ccc1Br. The largest absolute Gasteiger partial charge is 0.383 e. The van der Waals surface area contributed by atoms with Crippen molar-refractivity contribution < 1.29 is 4.74 Å². The Balaban J connectivity index is 2.39. The van der Waals surface area contributed by atoms with Gasteiger partial charge in [0.1, 0.15) is 0 Å². The minimum atomic E-state index is -0.282. The second-order valence-electron chi connectivity index (χ2n) is 4.24. The fourth-order valence-corrected chi connectivity index (χ4v) is 3.35. The Morgan fingerprint density at radius 1 is 1.30 bits per heavy atom. The van der Waals surface area contributed by atoms with Crippen molar-refractivity contribution in [1.29, 1.82) is 0 Å². The van der Waals surface area contributed by atoms with Crippen molar-refractivity contribution in [2.24, 2.45) is 5.73 Å². The fourth-order valence-electron chi connectivity index (χ4n) is 1.94. The van der Waals surface area contributed by atoms with Crippen molar-refractivity contribution >= 4 is 47.8 Å². The molecule has 0 saturated heterocycles. The van der Waals surface area contributed by atoms with E-state index in [9.17, 15) is 0 Å². The quantitative estimate of drug-likeness (QED) is 0.726. The summed E-state index contributed by atoms with van der Waals surface area (Å²) in [6.07, 6.45) is 1.76. The maximum absolute atomic E-state index is 6.42. The summed E-state index contributed by atoms with van der Waals surface area (Å²) in [5, 5.41) is 4.33. The molecule has 0 saturated carbocycles. The predicted molar refractivity (Wildman–Crippen MR) is 89.7 cm³/mol. The van der Waals surface area contributed by atoms with E-state index in [1.807, 2.05) is 22.9 Å². The summed E-state index contributed by atoms with van der Waals surface area (Å²) in [5.41, 5.74) is 8.35. The van der Waals surface area contributed by atoms with Gasteiger partial charge in [-0.3, -0.25) is 4.68 Å². The smallest absolute Gasteiger partial charge is 0.0746 e.